The predicted molar refractivity (Wildman–Crippen MR) is 57.0 cm³/mol. The van der Waals surface area contributed by atoms with Crippen LogP contribution >= 0.6 is 0 Å². The largest absolute Gasteiger partial charge is 0.492 e. The normalized spacial score (nSPS) is 12.4. The molecule has 0 spiro atoms. The van der Waals surface area contributed by atoms with Gasteiger partial charge in [-0.1, -0.05) is 0 Å². The summed E-state index contributed by atoms with van der Waals surface area (Å²) in [5, 5.41) is 8.83. The standard InChI is InChI=1S/C11H12O6/c1-14-9-6(4-8(12)13)3-7-10(11(9)15-2)17-5-16-7/h3H,4-5H2,1-2H3,(H,12,13). The Kier molecular flexibility index (Phi) is 2.95. The van der Waals surface area contributed by atoms with Crippen LogP contribution in [0.4, 0.5) is 0 Å². The van der Waals surface area contributed by atoms with Crippen LogP contribution in [0.25, 0.3) is 0 Å². The Morgan fingerprint density at radius 3 is 2.65 bits per heavy atom. The third-order valence-electron chi connectivity index (χ3n) is 2.40. The zero-order valence-corrected chi connectivity index (χ0v) is 9.48. The van der Waals surface area contributed by atoms with E-state index in [1.807, 2.05) is 0 Å². The zero-order valence-electron chi connectivity index (χ0n) is 9.48. The van der Waals surface area contributed by atoms with Gasteiger partial charge in [0, 0.05) is 5.56 Å². The summed E-state index contributed by atoms with van der Waals surface area (Å²) in [5.41, 5.74) is 0.487. The quantitative estimate of drug-likeness (QED) is 0.848. The molecule has 17 heavy (non-hydrogen) atoms. The minimum absolute atomic E-state index is 0.0887. The molecular weight excluding hydrogens is 228 g/mol. The van der Waals surface area contributed by atoms with Crippen molar-refractivity contribution in [2.24, 2.45) is 0 Å². The fraction of sp³-hybridized carbons (Fsp3) is 0.364. The molecule has 0 aromatic heterocycles. The number of carboxylic acids is 1. The van der Waals surface area contributed by atoms with Crippen molar-refractivity contribution in [2.45, 2.75) is 6.42 Å². The number of carboxylic acid groups (broad SMARTS) is 1. The van der Waals surface area contributed by atoms with Crippen LogP contribution in [0.2, 0.25) is 0 Å². The van der Waals surface area contributed by atoms with E-state index in [9.17, 15) is 4.79 Å². The van der Waals surface area contributed by atoms with Crippen LogP contribution < -0.4 is 18.9 Å². The number of hydrogen-bond donors (Lipinski definition) is 1. The smallest absolute Gasteiger partial charge is 0.307 e. The Bertz CT molecular complexity index is 454. The number of aliphatic carboxylic acids is 1. The van der Waals surface area contributed by atoms with E-state index in [4.69, 9.17) is 24.1 Å². The van der Waals surface area contributed by atoms with E-state index < -0.39 is 5.97 Å². The van der Waals surface area contributed by atoms with E-state index in [1.54, 1.807) is 6.07 Å². The lowest BCUT2D eigenvalue weighted by Crippen LogP contribution is -2.04. The number of methoxy groups -OCH3 is 2. The summed E-state index contributed by atoms with van der Waals surface area (Å²) in [6.45, 7) is 0.0887. The minimum Gasteiger partial charge on any atom is -0.492 e. The Morgan fingerprint density at radius 2 is 2.06 bits per heavy atom. The summed E-state index contributed by atoms with van der Waals surface area (Å²) in [6.07, 6.45) is -0.170. The number of ether oxygens (including phenoxy) is 4. The maximum atomic E-state index is 10.8. The number of carbonyl (C=O) groups is 1. The fourth-order valence-electron chi connectivity index (χ4n) is 1.75. The van der Waals surface area contributed by atoms with Crippen molar-refractivity contribution < 1.29 is 28.8 Å². The van der Waals surface area contributed by atoms with Gasteiger partial charge in [-0.3, -0.25) is 4.79 Å². The molecule has 1 N–H and O–H groups in total. The number of rotatable bonds is 4. The topological polar surface area (TPSA) is 74.2 Å². The maximum Gasteiger partial charge on any atom is 0.307 e. The van der Waals surface area contributed by atoms with Crippen molar-refractivity contribution in [2.75, 3.05) is 21.0 Å². The van der Waals surface area contributed by atoms with Crippen LogP contribution in [0.3, 0.4) is 0 Å². The van der Waals surface area contributed by atoms with Crippen molar-refractivity contribution >= 4 is 5.97 Å². The Labute approximate surface area is 97.7 Å². The first-order valence-corrected chi connectivity index (χ1v) is 4.92. The van der Waals surface area contributed by atoms with Gasteiger partial charge in [0.1, 0.15) is 0 Å². The van der Waals surface area contributed by atoms with Crippen LogP contribution in [0.15, 0.2) is 6.07 Å². The molecule has 2 rings (SSSR count). The molecule has 0 atom stereocenters. The molecule has 92 valence electrons. The van der Waals surface area contributed by atoms with Gasteiger partial charge in [0.2, 0.25) is 18.3 Å². The van der Waals surface area contributed by atoms with Crippen LogP contribution in [0, 0.1) is 0 Å². The second kappa shape index (κ2) is 4.40. The second-order valence-corrected chi connectivity index (χ2v) is 3.41. The zero-order chi connectivity index (χ0) is 12.4. The number of benzene rings is 1. The first kappa shape index (κ1) is 11.4. The van der Waals surface area contributed by atoms with E-state index in [2.05, 4.69) is 0 Å². The van der Waals surface area contributed by atoms with Crippen LogP contribution in [0.1, 0.15) is 5.56 Å². The average molecular weight is 240 g/mol. The van der Waals surface area contributed by atoms with Crippen molar-refractivity contribution in [1.29, 1.82) is 0 Å². The molecule has 0 bridgehead atoms. The van der Waals surface area contributed by atoms with Crippen LogP contribution in [-0.4, -0.2) is 32.1 Å². The third kappa shape index (κ3) is 1.93. The van der Waals surface area contributed by atoms with E-state index in [1.165, 1.54) is 14.2 Å². The first-order valence-electron chi connectivity index (χ1n) is 4.92. The van der Waals surface area contributed by atoms with Gasteiger partial charge in [-0.25, -0.2) is 0 Å². The summed E-state index contributed by atoms with van der Waals surface area (Å²) < 4.78 is 20.8. The highest BCUT2D eigenvalue weighted by molar-refractivity contribution is 5.74. The van der Waals surface area contributed by atoms with Crippen LogP contribution in [0.5, 0.6) is 23.0 Å². The monoisotopic (exact) mass is 240 g/mol. The molecule has 0 radical (unpaired) electrons. The molecule has 0 unspecified atom stereocenters. The minimum atomic E-state index is -0.954. The molecule has 6 heteroatoms. The Morgan fingerprint density at radius 1 is 1.35 bits per heavy atom. The lowest BCUT2D eigenvalue weighted by Gasteiger charge is -2.13. The average Bonchev–Trinajstić information content (AvgIpc) is 2.73. The number of fused-ring (bicyclic) bond motifs is 1. The molecule has 0 saturated heterocycles. The molecule has 1 aliphatic rings. The lowest BCUT2D eigenvalue weighted by atomic mass is 10.1. The molecule has 0 saturated carbocycles. The highest BCUT2D eigenvalue weighted by Crippen LogP contribution is 2.48. The highest BCUT2D eigenvalue weighted by Gasteiger charge is 2.26. The van der Waals surface area contributed by atoms with E-state index in [-0.39, 0.29) is 13.2 Å². The Hall–Kier alpha value is -2.11. The van der Waals surface area contributed by atoms with Gasteiger partial charge in [-0.15, -0.1) is 0 Å². The van der Waals surface area contributed by atoms with Gasteiger partial charge >= 0.3 is 5.97 Å². The van der Waals surface area contributed by atoms with E-state index >= 15 is 0 Å². The molecule has 6 nitrogen and oxygen atoms in total. The van der Waals surface area contributed by atoms with Gasteiger partial charge < -0.3 is 24.1 Å². The molecule has 0 amide bonds. The van der Waals surface area contributed by atoms with Gasteiger partial charge in [-0.05, 0) is 6.07 Å². The first-order chi connectivity index (χ1) is 8.17. The van der Waals surface area contributed by atoms with Gasteiger partial charge in [0.05, 0.1) is 20.6 Å². The summed E-state index contributed by atoms with van der Waals surface area (Å²) >= 11 is 0. The lowest BCUT2D eigenvalue weighted by molar-refractivity contribution is -0.136. The van der Waals surface area contributed by atoms with Crippen molar-refractivity contribution in [3.63, 3.8) is 0 Å². The summed E-state index contributed by atoms with van der Waals surface area (Å²) in [4.78, 5) is 10.8. The molecule has 0 aliphatic carbocycles. The summed E-state index contributed by atoms with van der Waals surface area (Å²) in [6, 6.07) is 1.60. The molecule has 1 aromatic rings. The summed E-state index contributed by atoms with van der Waals surface area (Å²) in [5.74, 6) is 0.680. The Balaban J connectivity index is 2.55. The van der Waals surface area contributed by atoms with E-state index in [0.717, 1.165) is 0 Å². The predicted octanol–water partition coefficient (Wildman–Crippen LogP) is 1.06. The van der Waals surface area contributed by atoms with Gasteiger partial charge in [-0.2, -0.15) is 0 Å². The third-order valence-corrected chi connectivity index (χ3v) is 2.40. The molecule has 1 aromatic carbocycles. The van der Waals surface area contributed by atoms with Gasteiger partial charge in [0.25, 0.3) is 0 Å². The number of hydrogen-bond acceptors (Lipinski definition) is 5. The molecule has 1 heterocycles. The van der Waals surface area contributed by atoms with E-state index in [0.29, 0.717) is 28.6 Å². The van der Waals surface area contributed by atoms with Crippen LogP contribution in [-0.2, 0) is 11.2 Å². The fourth-order valence-corrected chi connectivity index (χ4v) is 1.75. The molecular formula is C11H12O6. The molecule has 0 fully saturated rings. The highest BCUT2D eigenvalue weighted by atomic mass is 16.7. The van der Waals surface area contributed by atoms with Gasteiger partial charge in [0.15, 0.2) is 11.5 Å². The SMILES string of the molecule is COc1c(CC(=O)O)cc2c(c1OC)OCO2. The van der Waals surface area contributed by atoms with Crippen molar-refractivity contribution in [3.8, 4) is 23.0 Å². The summed E-state index contributed by atoms with van der Waals surface area (Å²) in [7, 11) is 2.91. The van der Waals surface area contributed by atoms with Crippen molar-refractivity contribution in [1.82, 2.24) is 0 Å². The van der Waals surface area contributed by atoms with Crippen molar-refractivity contribution in [3.05, 3.63) is 11.6 Å². The molecule has 1 aliphatic heterocycles. The second-order valence-electron chi connectivity index (χ2n) is 3.41. The maximum absolute atomic E-state index is 10.8.